The fraction of sp³-hybridized carbons (Fsp3) is 0.333. The van der Waals surface area contributed by atoms with Crippen molar-refractivity contribution in [2.45, 2.75) is 12.5 Å². The zero-order chi connectivity index (χ0) is 12.0. The Kier molecular flexibility index (Phi) is 2.16. The SMILES string of the molecule is N[C@@H]1C(=O)N2CCCN2C(=O)c2ccccc21. The maximum absolute atomic E-state index is 12.3. The Labute approximate surface area is 98.8 Å². The molecule has 1 aromatic carbocycles. The molecule has 2 aliphatic heterocycles. The lowest BCUT2D eigenvalue weighted by Gasteiger charge is -2.26. The number of carbonyl (C=O) groups is 2. The van der Waals surface area contributed by atoms with E-state index in [9.17, 15) is 9.59 Å². The first-order valence-electron chi connectivity index (χ1n) is 5.68. The van der Waals surface area contributed by atoms with Gasteiger partial charge in [-0.05, 0) is 18.1 Å². The van der Waals surface area contributed by atoms with Crippen LogP contribution in [0.25, 0.3) is 0 Å². The topological polar surface area (TPSA) is 66.6 Å². The third kappa shape index (κ3) is 1.36. The summed E-state index contributed by atoms with van der Waals surface area (Å²) in [6.07, 6.45) is 0.812. The van der Waals surface area contributed by atoms with Gasteiger partial charge in [0.1, 0.15) is 6.04 Å². The predicted octanol–water partition coefficient (Wildman–Crippen LogP) is 0.289. The Morgan fingerprint density at radius 3 is 2.65 bits per heavy atom. The Morgan fingerprint density at radius 1 is 1.12 bits per heavy atom. The highest BCUT2D eigenvalue weighted by atomic mass is 16.2. The molecule has 2 aliphatic rings. The molecule has 1 saturated heterocycles. The van der Waals surface area contributed by atoms with Crippen LogP contribution in [0.1, 0.15) is 28.4 Å². The van der Waals surface area contributed by atoms with Crippen molar-refractivity contribution >= 4 is 11.8 Å². The van der Waals surface area contributed by atoms with E-state index in [2.05, 4.69) is 0 Å². The molecular weight excluding hydrogens is 218 g/mol. The van der Waals surface area contributed by atoms with E-state index in [4.69, 9.17) is 5.73 Å². The highest BCUT2D eigenvalue weighted by molar-refractivity contribution is 6.01. The highest BCUT2D eigenvalue weighted by Crippen LogP contribution is 2.27. The van der Waals surface area contributed by atoms with Gasteiger partial charge in [0.25, 0.3) is 11.8 Å². The van der Waals surface area contributed by atoms with Gasteiger partial charge < -0.3 is 5.73 Å². The lowest BCUT2D eigenvalue weighted by Crippen LogP contribution is -2.45. The van der Waals surface area contributed by atoms with E-state index in [1.807, 2.05) is 0 Å². The van der Waals surface area contributed by atoms with Gasteiger partial charge in [0, 0.05) is 18.7 Å². The Morgan fingerprint density at radius 2 is 1.82 bits per heavy atom. The molecular formula is C12H13N3O2. The first-order valence-corrected chi connectivity index (χ1v) is 5.68. The number of nitrogens with zero attached hydrogens (tertiary/aromatic N) is 2. The standard InChI is InChI=1S/C12H13N3O2/c13-10-8-4-1-2-5-9(8)11(16)14-6-3-7-15(14)12(10)17/h1-2,4-5,10H,3,6-7,13H2/t10-/m0/s1. The van der Waals surface area contributed by atoms with Crippen molar-refractivity contribution in [2.24, 2.45) is 5.73 Å². The highest BCUT2D eigenvalue weighted by Gasteiger charge is 2.39. The van der Waals surface area contributed by atoms with Crippen molar-refractivity contribution in [2.75, 3.05) is 13.1 Å². The molecule has 2 N–H and O–H groups in total. The van der Waals surface area contributed by atoms with Crippen LogP contribution in [-0.4, -0.2) is 34.9 Å². The summed E-state index contributed by atoms with van der Waals surface area (Å²) in [5, 5.41) is 2.99. The number of carbonyl (C=O) groups excluding carboxylic acids is 2. The van der Waals surface area contributed by atoms with Crippen molar-refractivity contribution < 1.29 is 9.59 Å². The van der Waals surface area contributed by atoms with Gasteiger partial charge in [-0.25, -0.2) is 10.0 Å². The second-order valence-electron chi connectivity index (χ2n) is 4.31. The van der Waals surface area contributed by atoms with Crippen molar-refractivity contribution in [1.82, 2.24) is 10.0 Å². The van der Waals surface area contributed by atoms with E-state index >= 15 is 0 Å². The summed E-state index contributed by atoms with van der Waals surface area (Å²) in [4.78, 5) is 24.4. The van der Waals surface area contributed by atoms with Gasteiger partial charge in [-0.3, -0.25) is 9.59 Å². The van der Waals surface area contributed by atoms with Crippen LogP contribution in [0.2, 0.25) is 0 Å². The molecule has 17 heavy (non-hydrogen) atoms. The quantitative estimate of drug-likeness (QED) is 0.698. The average molecular weight is 231 g/mol. The first-order chi connectivity index (χ1) is 8.20. The van der Waals surface area contributed by atoms with Crippen LogP contribution in [0, 0.1) is 0 Å². The first kappa shape index (κ1) is 10.3. The number of hydrogen-bond donors (Lipinski definition) is 1. The molecule has 88 valence electrons. The molecule has 0 unspecified atom stereocenters. The molecule has 0 spiro atoms. The van der Waals surface area contributed by atoms with Crippen LogP contribution in [0.15, 0.2) is 24.3 Å². The molecule has 1 atom stereocenters. The monoisotopic (exact) mass is 231 g/mol. The van der Waals surface area contributed by atoms with Crippen LogP contribution >= 0.6 is 0 Å². The number of nitrogens with two attached hydrogens (primary N) is 1. The molecule has 0 aliphatic carbocycles. The molecule has 0 aromatic heterocycles. The Balaban J connectivity index is 2.17. The number of amides is 2. The van der Waals surface area contributed by atoms with Crippen molar-refractivity contribution in [1.29, 1.82) is 0 Å². The summed E-state index contributed by atoms with van der Waals surface area (Å²) in [5.74, 6) is -0.319. The van der Waals surface area contributed by atoms with Gasteiger partial charge >= 0.3 is 0 Å². The molecule has 1 aromatic rings. The number of rotatable bonds is 0. The molecule has 5 nitrogen and oxygen atoms in total. The summed E-state index contributed by atoms with van der Waals surface area (Å²) in [6.45, 7) is 1.16. The smallest absolute Gasteiger partial charge is 0.272 e. The minimum Gasteiger partial charge on any atom is -0.316 e. The fourth-order valence-corrected chi connectivity index (χ4v) is 2.45. The minimum absolute atomic E-state index is 0.126. The van der Waals surface area contributed by atoms with E-state index < -0.39 is 6.04 Å². The summed E-state index contributed by atoms with van der Waals surface area (Å²) in [5.41, 5.74) is 7.10. The van der Waals surface area contributed by atoms with E-state index in [1.165, 1.54) is 10.0 Å². The molecule has 0 radical (unpaired) electrons. The van der Waals surface area contributed by atoms with E-state index in [0.717, 1.165) is 6.42 Å². The van der Waals surface area contributed by atoms with Crippen LogP contribution < -0.4 is 5.73 Å². The van der Waals surface area contributed by atoms with Crippen LogP contribution in [0.5, 0.6) is 0 Å². The summed E-state index contributed by atoms with van der Waals surface area (Å²) in [6, 6.07) is 6.33. The largest absolute Gasteiger partial charge is 0.316 e. The average Bonchev–Trinajstić information content (AvgIpc) is 2.82. The van der Waals surface area contributed by atoms with Gasteiger partial charge in [-0.15, -0.1) is 0 Å². The van der Waals surface area contributed by atoms with E-state index in [1.54, 1.807) is 24.3 Å². The number of hydrogen-bond acceptors (Lipinski definition) is 3. The number of fused-ring (bicyclic) bond motifs is 2. The van der Waals surface area contributed by atoms with Crippen LogP contribution in [-0.2, 0) is 4.79 Å². The van der Waals surface area contributed by atoms with Gasteiger partial charge in [-0.2, -0.15) is 0 Å². The van der Waals surface area contributed by atoms with Crippen LogP contribution in [0.4, 0.5) is 0 Å². The number of benzene rings is 1. The summed E-state index contributed by atoms with van der Waals surface area (Å²) >= 11 is 0. The van der Waals surface area contributed by atoms with Gasteiger partial charge in [0.2, 0.25) is 0 Å². The van der Waals surface area contributed by atoms with Crippen molar-refractivity contribution in [3.05, 3.63) is 35.4 Å². The van der Waals surface area contributed by atoms with Gasteiger partial charge in [0.05, 0.1) is 0 Å². The van der Waals surface area contributed by atoms with Crippen molar-refractivity contribution in [3.8, 4) is 0 Å². The third-order valence-corrected chi connectivity index (χ3v) is 3.31. The normalized spacial score (nSPS) is 23.5. The molecule has 5 heteroatoms. The molecule has 0 saturated carbocycles. The molecule has 3 rings (SSSR count). The lowest BCUT2D eigenvalue weighted by molar-refractivity contribution is -0.141. The maximum atomic E-state index is 12.3. The molecule has 2 heterocycles. The summed E-state index contributed by atoms with van der Waals surface area (Å²) in [7, 11) is 0. The van der Waals surface area contributed by atoms with E-state index in [0.29, 0.717) is 24.2 Å². The number of hydrazine groups is 1. The van der Waals surface area contributed by atoms with Crippen molar-refractivity contribution in [3.63, 3.8) is 0 Å². The van der Waals surface area contributed by atoms with Crippen LogP contribution in [0.3, 0.4) is 0 Å². The lowest BCUT2D eigenvalue weighted by atomic mass is 10.0. The molecule has 1 fully saturated rings. The zero-order valence-corrected chi connectivity index (χ0v) is 9.30. The Hall–Kier alpha value is -1.88. The zero-order valence-electron chi connectivity index (χ0n) is 9.30. The van der Waals surface area contributed by atoms with Gasteiger partial charge in [-0.1, -0.05) is 18.2 Å². The maximum Gasteiger partial charge on any atom is 0.272 e. The summed E-state index contributed by atoms with van der Waals surface area (Å²) < 4.78 is 0. The predicted molar refractivity (Wildman–Crippen MR) is 60.7 cm³/mol. The van der Waals surface area contributed by atoms with Gasteiger partial charge in [0.15, 0.2) is 0 Å². The second kappa shape index (κ2) is 3.56. The third-order valence-electron chi connectivity index (χ3n) is 3.31. The van der Waals surface area contributed by atoms with E-state index in [-0.39, 0.29) is 11.8 Å². The molecule has 0 bridgehead atoms. The Bertz CT molecular complexity index is 500. The fourth-order valence-electron chi connectivity index (χ4n) is 2.45. The molecule has 2 amide bonds. The second-order valence-corrected chi connectivity index (χ2v) is 4.31. The minimum atomic E-state index is -0.738.